The fourth-order valence-corrected chi connectivity index (χ4v) is 3.26. The monoisotopic (exact) mass is 352 g/mol. The van der Waals surface area contributed by atoms with Gasteiger partial charge in [-0.2, -0.15) is 0 Å². The molecule has 4 heteroatoms. The van der Waals surface area contributed by atoms with E-state index in [0.29, 0.717) is 6.04 Å². The zero-order chi connectivity index (χ0) is 14.8. The second kappa shape index (κ2) is 6.37. The van der Waals surface area contributed by atoms with Crippen LogP contribution in [0.5, 0.6) is 0 Å². The molecule has 2 rings (SSSR count). The molecule has 0 aliphatic rings. The highest BCUT2D eigenvalue weighted by molar-refractivity contribution is 9.10. The second-order valence-electron chi connectivity index (χ2n) is 6.03. The highest BCUT2D eigenvalue weighted by Gasteiger charge is 2.17. The van der Waals surface area contributed by atoms with Gasteiger partial charge in [-0.15, -0.1) is 11.3 Å². The summed E-state index contributed by atoms with van der Waals surface area (Å²) in [6.07, 6.45) is 0. The number of benzene rings is 1. The van der Waals surface area contributed by atoms with Gasteiger partial charge in [-0.25, -0.2) is 4.98 Å². The topological polar surface area (TPSA) is 24.9 Å². The zero-order valence-electron chi connectivity index (χ0n) is 12.4. The molecule has 0 saturated heterocycles. The van der Waals surface area contributed by atoms with Crippen LogP contribution in [-0.4, -0.2) is 4.98 Å². The third-order valence-corrected chi connectivity index (χ3v) is 4.57. The van der Waals surface area contributed by atoms with Gasteiger partial charge in [-0.3, -0.25) is 0 Å². The van der Waals surface area contributed by atoms with E-state index in [1.54, 1.807) is 11.3 Å². The molecular weight excluding hydrogens is 332 g/mol. The predicted molar refractivity (Wildman–Crippen MR) is 90.2 cm³/mol. The summed E-state index contributed by atoms with van der Waals surface area (Å²) < 4.78 is 1.12. The molecule has 2 nitrogen and oxygen atoms in total. The molecule has 1 atom stereocenters. The van der Waals surface area contributed by atoms with Crippen LogP contribution in [0.15, 0.2) is 34.1 Å². The van der Waals surface area contributed by atoms with Crippen molar-refractivity contribution in [2.24, 2.45) is 0 Å². The molecule has 20 heavy (non-hydrogen) atoms. The fraction of sp³-hybridized carbons (Fsp3) is 0.438. The van der Waals surface area contributed by atoms with Crippen LogP contribution in [0.4, 0.5) is 0 Å². The molecule has 2 aromatic rings. The molecule has 0 radical (unpaired) electrons. The fourth-order valence-electron chi connectivity index (χ4n) is 1.87. The number of hydrogen-bond acceptors (Lipinski definition) is 3. The molecule has 0 spiro atoms. The SMILES string of the molecule is CC(NCc1nc(C(C)(C)C)cs1)c1cccc(Br)c1. The van der Waals surface area contributed by atoms with Crippen LogP contribution < -0.4 is 5.32 Å². The summed E-state index contributed by atoms with van der Waals surface area (Å²) in [5.41, 5.74) is 2.59. The largest absolute Gasteiger partial charge is 0.304 e. The smallest absolute Gasteiger partial charge is 0.107 e. The quantitative estimate of drug-likeness (QED) is 0.832. The molecule has 108 valence electrons. The van der Waals surface area contributed by atoms with Crippen LogP contribution in [0.1, 0.15) is 50.0 Å². The molecule has 0 saturated carbocycles. The van der Waals surface area contributed by atoms with E-state index in [1.165, 1.54) is 11.3 Å². The Kier molecular flexibility index (Phi) is 4.99. The highest BCUT2D eigenvalue weighted by atomic mass is 79.9. The summed E-state index contributed by atoms with van der Waals surface area (Å²) in [5, 5.41) is 6.85. The van der Waals surface area contributed by atoms with Crippen LogP contribution >= 0.6 is 27.3 Å². The molecule has 0 bridgehead atoms. The van der Waals surface area contributed by atoms with Crippen molar-refractivity contribution in [3.05, 3.63) is 50.4 Å². The minimum atomic E-state index is 0.130. The Morgan fingerprint density at radius 2 is 2.10 bits per heavy atom. The van der Waals surface area contributed by atoms with Gasteiger partial charge in [-0.1, -0.05) is 48.8 Å². The lowest BCUT2D eigenvalue weighted by Crippen LogP contribution is -2.18. The summed E-state index contributed by atoms with van der Waals surface area (Å²) in [4.78, 5) is 4.71. The highest BCUT2D eigenvalue weighted by Crippen LogP contribution is 2.24. The number of rotatable bonds is 4. The van der Waals surface area contributed by atoms with Gasteiger partial charge in [0.1, 0.15) is 5.01 Å². The van der Waals surface area contributed by atoms with E-state index in [9.17, 15) is 0 Å². The average molecular weight is 353 g/mol. The summed E-state index contributed by atoms with van der Waals surface area (Å²) in [6, 6.07) is 8.73. The van der Waals surface area contributed by atoms with E-state index in [2.05, 4.69) is 72.5 Å². The first kappa shape index (κ1) is 15.7. The first-order valence-electron chi connectivity index (χ1n) is 6.80. The minimum absolute atomic E-state index is 0.130. The Bertz CT molecular complexity index is 572. The van der Waals surface area contributed by atoms with Gasteiger partial charge >= 0.3 is 0 Å². The Hall–Kier alpha value is -0.710. The van der Waals surface area contributed by atoms with Gasteiger partial charge in [0, 0.05) is 27.9 Å². The molecule has 1 N–H and O–H groups in total. The van der Waals surface area contributed by atoms with E-state index >= 15 is 0 Å². The predicted octanol–water partition coefficient (Wildman–Crippen LogP) is 5.05. The summed E-state index contributed by atoms with van der Waals surface area (Å²) in [7, 11) is 0. The van der Waals surface area contributed by atoms with E-state index in [0.717, 1.165) is 16.0 Å². The van der Waals surface area contributed by atoms with Gasteiger partial charge in [0.2, 0.25) is 0 Å². The van der Waals surface area contributed by atoms with Gasteiger partial charge in [0.15, 0.2) is 0 Å². The lowest BCUT2D eigenvalue weighted by atomic mass is 9.93. The molecule has 0 fully saturated rings. The zero-order valence-corrected chi connectivity index (χ0v) is 14.8. The van der Waals surface area contributed by atoms with E-state index < -0.39 is 0 Å². The first-order chi connectivity index (χ1) is 9.36. The van der Waals surface area contributed by atoms with E-state index in [1.807, 2.05) is 6.07 Å². The Labute approximate surface area is 133 Å². The molecular formula is C16H21BrN2S. The van der Waals surface area contributed by atoms with Crippen LogP contribution in [0.3, 0.4) is 0 Å². The van der Waals surface area contributed by atoms with Gasteiger partial charge < -0.3 is 5.32 Å². The first-order valence-corrected chi connectivity index (χ1v) is 8.47. The number of nitrogens with one attached hydrogen (secondary N) is 1. The van der Waals surface area contributed by atoms with Crippen molar-refractivity contribution < 1.29 is 0 Å². The number of halogens is 1. The van der Waals surface area contributed by atoms with Gasteiger partial charge in [-0.05, 0) is 24.6 Å². The van der Waals surface area contributed by atoms with Crippen molar-refractivity contribution in [2.45, 2.75) is 45.7 Å². The van der Waals surface area contributed by atoms with Crippen molar-refractivity contribution in [3.63, 3.8) is 0 Å². The van der Waals surface area contributed by atoms with E-state index in [-0.39, 0.29) is 5.41 Å². The standard InChI is InChI=1S/C16H21BrN2S/c1-11(12-6-5-7-13(17)8-12)18-9-15-19-14(10-20-15)16(2,3)4/h5-8,10-11,18H,9H2,1-4H3. The third-order valence-electron chi connectivity index (χ3n) is 3.23. The molecule has 1 unspecified atom stereocenters. The number of aromatic nitrogens is 1. The van der Waals surface area contributed by atoms with Crippen LogP contribution in [0, 0.1) is 0 Å². The third kappa shape index (κ3) is 4.14. The van der Waals surface area contributed by atoms with Crippen molar-refractivity contribution in [2.75, 3.05) is 0 Å². The van der Waals surface area contributed by atoms with Crippen molar-refractivity contribution >= 4 is 27.3 Å². The molecule has 0 aliphatic carbocycles. The van der Waals surface area contributed by atoms with Crippen molar-refractivity contribution in [1.82, 2.24) is 10.3 Å². The maximum atomic E-state index is 4.71. The van der Waals surface area contributed by atoms with Crippen molar-refractivity contribution in [3.8, 4) is 0 Å². The number of hydrogen-bond donors (Lipinski definition) is 1. The lowest BCUT2D eigenvalue weighted by molar-refractivity contribution is 0.554. The van der Waals surface area contributed by atoms with Crippen LogP contribution in [0.2, 0.25) is 0 Å². The molecule has 0 amide bonds. The summed E-state index contributed by atoms with van der Waals surface area (Å²) in [5.74, 6) is 0. The average Bonchev–Trinajstić information content (AvgIpc) is 2.84. The second-order valence-corrected chi connectivity index (χ2v) is 7.89. The summed E-state index contributed by atoms with van der Waals surface area (Å²) >= 11 is 5.25. The minimum Gasteiger partial charge on any atom is -0.304 e. The Morgan fingerprint density at radius 1 is 1.35 bits per heavy atom. The Balaban J connectivity index is 1.97. The summed E-state index contributed by atoms with van der Waals surface area (Å²) in [6.45, 7) is 9.59. The van der Waals surface area contributed by atoms with Crippen molar-refractivity contribution in [1.29, 1.82) is 0 Å². The van der Waals surface area contributed by atoms with Gasteiger partial charge in [0.05, 0.1) is 5.69 Å². The van der Waals surface area contributed by atoms with Gasteiger partial charge in [0.25, 0.3) is 0 Å². The van der Waals surface area contributed by atoms with Crippen LogP contribution in [0.25, 0.3) is 0 Å². The molecule has 1 aromatic carbocycles. The van der Waals surface area contributed by atoms with E-state index in [4.69, 9.17) is 4.98 Å². The molecule has 1 heterocycles. The van der Waals surface area contributed by atoms with Crippen LogP contribution in [-0.2, 0) is 12.0 Å². The number of thiazole rings is 1. The maximum absolute atomic E-state index is 4.71. The lowest BCUT2D eigenvalue weighted by Gasteiger charge is -2.15. The molecule has 0 aliphatic heterocycles. The maximum Gasteiger partial charge on any atom is 0.107 e. The Morgan fingerprint density at radius 3 is 2.70 bits per heavy atom. The molecule has 1 aromatic heterocycles. The normalized spacial score (nSPS) is 13.4. The number of nitrogens with zero attached hydrogens (tertiary/aromatic N) is 1.